The number of nitrogens with zero attached hydrogens (tertiary/aromatic N) is 3. The number of aryl methyl sites for hydroxylation is 1. The summed E-state index contributed by atoms with van der Waals surface area (Å²) < 4.78 is 5.54. The van der Waals surface area contributed by atoms with Crippen LogP contribution in [0.2, 0.25) is 0 Å². The standard InChI is InChI=1S/C22H26N4O2S/c1-16-17(2)28-21(19(16)14-23)25-20(27)15-29-22(24-18-10-6-5-7-11-18)26-12-8-3-4-9-13-26/h5-7,10-11H,3-4,8-9,12-13,15H2,1-2H3,(H,25,27). The number of nitriles is 1. The highest BCUT2D eigenvalue weighted by molar-refractivity contribution is 8.14. The number of nitrogens with one attached hydrogen (secondary N) is 1. The number of benzene rings is 1. The number of hydrogen-bond donors (Lipinski definition) is 1. The van der Waals surface area contributed by atoms with E-state index in [1.165, 1.54) is 24.6 Å². The first kappa shape index (κ1) is 21.0. The van der Waals surface area contributed by atoms with Gasteiger partial charge in [-0.05, 0) is 38.8 Å². The van der Waals surface area contributed by atoms with E-state index < -0.39 is 0 Å². The molecule has 1 aromatic carbocycles. The molecular formula is C22H26N4O2S. The summed E-state index contributed by atoms with van der Waals surface area (Å²) in [7, 11) is 0. The van der Waals surface area contributed by atoms with Crippen molar-refractivity contribution < 1.29 is 9.21 Å². The van der Waals surface area contributed by atoms with E-state index in [4.69, 9.17) is 9.41 Å². The minimum atomic E-state index is -0.212. The van der Waals surface area contributed by atoms with Gasteiger partial charge in [-0.15, -0.1) is 0 Å². The van der Waals surface area contributed by atoms with Crippen molar-refractivity contribution in [1.29, 1.82) is 5.26 Å². The van der Waals surface area contributed by atoms with Crippen molar-refractivity contribution in [2.45, 2.75) is 39.5 Å². The zero-order valence-corrected chi connectivity index (χ0v) is 17.7. The third kappa shape index (κ3) is 5.64. The molecule has 1 N–H and O–H groups in total. The Bertz CT molecular complexity index is 907. The third-order valence-corrected chi connectivity index (χ3v) is 5.95. The zero-order valence-electron chi connectivity index (χ0n) is 16.9. The van der Waals surface area contributed by atoms with Gasteiger partial charge in [0.15, 0.2) is 5.17 Å². The van der Waals surface area contributed by atoms with Gasteiger partial charge in [0.05, 0.1) is 11.4 Å². The Morgan fingerprint density at radius 1 is 1.21 bits per heavy atom. The van der Waals surface area contributed by atoms with Crippen LogP contribution in [0.25, 0.3) is 0 Å². The summed E-state index contributed by atoms with van der Waals surface area (Å²) in [6, 6.07) is 11.9. The fraction of sp³-hybridized carbons (Fsp3) is 0.409. The van der Waals surface area contributed by atoms with Crippen molar-refractivity contribution in [3.05, 3.63) is 47.2 Å². The first-order valence-corrected chi connectivity index (χ1v) is 10.9. The maximum Gasteiger partial charge on any atom is 0.237 e. The van der Waals surface area contributed by atoms with E-state index in [1.807, 2.05) is 37.3 Å². The van der Waals surface area contributed by atoms with Crippen molar-refractivity contribution in [3.8, 4) is 6.07 Å². The number of carbonyl (C=O) groups is 1. The van der Waals surface area contributed by atoms with Crippen molar-refractivity contribution in [2.75, 3.05) is 24.2 Å². The number of rotatable bonds is 4. The number of furan rings is 1. The van der Waals surface area contributed by atoms with Crippen LogP contribution in [0.1, 0.15) is 42.6 Å². The second-order valence-electron chi connectivity index (χ2n) is 7.07. The molecule has 152 valence electrons. The van der Waals surface area contributed by atoms with E-state index in [2.05, 4.69) is 16.3 Å². The average molecular weight is 411 g/mol. The lowest BCUT2D eigenvalue weighted by atomic mass is 10.2. The van der Waals surface area contributed by atoms with Gasteiger partial charge in [-0.3, -0.25) is 10.1 Å². The molecule has 0 atom stereocenters. The molecule has 0 spiro atoms. The van der Waals surface area contributed by atoms with Crippen LogP contribution in [0.4, 0.5) is 11.6 Å². The largest absolute Gasteiger partial charge is 0.444 e. The van der Waals surface area contributed by atoms with E-state index >= 15 is 0 Å². The molecule has 0 saturated carbocycles. The smallest absolute Gasteiger partial charge is 0.237 e. The molecule has 1 saturated heterocycles. The molecule has 1 aliphatic heterocycles. The van der Waals surface area contributed by atoms with Gasteiger partial charge in [-0.25, -0.2) is 4.99 Å². The van der Waals surface area contributed by atoms with Crippen LogP contribution < -0.4 is 5.32 Å². The number of aliphatic imine (C=N–C) groups is 1. The summed E-state index contributed by atoms with van der Waals surface area (Å²) in [5, 5.41) is 12.9. The Morgan fingerprint density at radius 2 is 1.90 bits per heavy atom. The molecule has 0 bridgehead atoms. The number of amides is 1. The van der Waals surface area contributed by atoms with Crippen LogP contribution in [0.5, 0.6) is 0 Å². The Hall–Kier alpha value is -2.72. The lowest BCUT2D eigenvalue weighted by Gasteiger charge is -2.23. The highest BCUT2D eigenvalue weighted by Crippen LogP contribution is 2.26. The topological polar surface area (TPSA) is 81.6 Å². The molecular weight excluding hydrogens is 384 g/mol. The molecule has 29 heavy (non-hydrogen) atoms. The second kappa shape index (κ2) is 10.2. The van der Waals surface area contributed by atoms with Crippen molar-refractivity contribution in [1.82, 2.24) is 4.90 Å². The highest BCUT2D eigenvalue weighted by Gasteiger charge is 2.19. The summed E-state index contributed by atoms with van der Waals surface area (Å²) in [5.41, 5.74) is 2.02. The molecule has 6 nitrogen and oxygen atoms in total. The van der Waals surface area contributed by atoms with Gasteiger partial charge in [-0.2, -0.15) is 5.26 Å². The Morgan fingerprint density at radius 3 is 2.55 bits per heavy atom. The summed E-state index contributed by atoms with van der Waals surface area (Å²) in [6.07, 6.45) is 4.73. The maximum absolute atomic E-state index is 12.5. The number of amidine groups is 1. The van der Waals surface area contributed by atoms with E-state index in [0.29, 0.717) is 11.3 Å². The molecule has 2 heterocycles. The normalized spacial score (nSPS) is 14.9. The predicted molar refractivity (Wildman–Crippen MR) is 118 cm³/mol. The van der Waals surface area contributed by atoms with Crippen molar-refractivity contribution >= 4 is 34.4 Å². The van der Waals surface area contributed by atoms with Crippen molar-refractivity contribution in [3.63, 3.8) is 0 Å². The van der Waals surface area contributed by atoms with Crippen LogP contribution in [-0.4, -0.2) is 34.8 Å². The van der Waals surface area contributed by atoms with E-state index in [0.717, 1.165) is 42.3 Å². The first-order valence-electron chi connectivity index (χ1n) is 9.90. The van der Waals surface area contributed by atoms with Crippen molar-refractivity contribution in [2.24, 2.45) is 4.99 Å². The number of anilines is 1. The Kier molecular flexibility index (Phi) is 7.36. The minimum Gasteiger partial charge on any atom is -0.444 e. The van der Waals surface area contributed by atoms with Gasteiger partial charge in [0.2, 0.25) is 11.8 Å². The monoisotopic (exact) mass is 410 g/mol. The predicted octanol–water partition coefficient (Wildman–Crippen LogP) is 5.00. The molecule has 1 amide bonds. The number of carbonyl (C=O) groups excluding carboxylic acids is 1. The van der Waals surface area contributed by atoms with Crippen LogP contribution in [0.3, 0.4) is 0 Å². The summed E-state index contributed by atoms with van der Waals surface area (Å²) in [5.74, 6) is 0.854. The molecule has 7 heteroatoms. The maximum atomic E-state index is 12.5. The molecule has 2 aromatic rings. The highest BCUT2D eigenvalue weighted by atomic mass is 32.2. The lowest BCUT2D eigenvalue weighted by molar-refractivity contribution is -0.113. The molecule has 1 aromatic heterocycles. The number of likely N-dealkylation sites (tertiary alicyclic amines) is 1. The van der Waals surface area contributed by atoms with Gasteiger partial charge in [0.1, 0.15) is 17.4 Å². The Balaban J connectivity index is 1.71. The Labute approximate surface area is 176 Å². The molecule has 0 unspecified atom stereocenters. The fourth-order valence-electron chi connectivity index (χ4n) is 3.21. The molecule has 0 radical (unpaired) electrons. The van der Waals surface area contributed by atoms with Crippen LogP contribution in [-0.2, 0) is 4.79 Å². The number of thioether (sulfide) groups is 1. The van der Waals surface area contributed by atoms with Gasteiger partial charge in [0.25, 0.3) is 0 Å². The van der Waals surface area contributed by atoms with E-state index in [1.54, 1.807) is 6.92 Å². The summed E-state index contributed by atoms with van der Waals surface area (Å²) in [6.45, 7) is 5.50. The lowest BCUT2D eigenvalue weighted by Crippen LogP contribution is -2.31. The SMILES string of the molecule is Cc1oc(NC(=O)CSC(=Nc2ccccc2)N2CCCCCC2)c(C#N)c1C. The van der Waals surface area contributed by atoms with Gasteiger partial charge < -0.3 is 9.32 Å². The molecule has 3 rings (SSSR count). The van der Waals surface area contributed by atoms with Gasteiger partial charge in [-0.1, -0.05) is 42.8 Å². The first-order chi connectivity index (χ1) is 14.1. The van der Waals surface area contributed by atoms with Crippen LogP contribution >= 0.6 is 11.8 Å². The van der Waals surface area contributed by atoms with Crippen LogP contribution in [0.15, 0.2) is 39.7 Å². The average Bonchev–Trinajstić information content (AvgIpc) is 2.91. The molecule has 1 aliphatic rings. The van der Waals surface area contributed by atoms with E-state index in [9.17, 15) is 10.1 Å². The minimum absolute atomic E-state index is 0.200. The van der Waals surface area contributed by atoms with Crippen LogP contribution in [0, 0.1) is 25.2 Å². The van der Waals surface area contributed by atoms with E-state index in [-0.39, 0.29) is 17.5 Å². The quantitative estimate of drug-likeness (QED) is 0.566. The third-order valence-electron chi connectivity index (χ3n) is 4.94. The van der Waals surface area contributed by atoms with Gasteiger partial charge in [0, 0.05) is 18.7 Å². The summed E-state index contributed by atoms with van der Waals surface area (Å²) >= 11 is 1.42. The molecule has 0 aliphatic carbocycles. The fourth-order valence-corrected chi connectivity index (χ4v) is 4.08. The zero-order chi connectivity index (χ0) is 20.6. The summed E-state index contributed by atoms with van der Waals surface area (Å²) in [4.78, 5) is 19.6. The molecule has 1 fully saturated rings. The second-order valence-corrected chi connectivity index (χ2v) is 8.01. The number of hydrogen-bond acceptors (Lipinski definition) is 5. The number of para-hydroxylation sites is 1. The van der Waals surface area contributed by atoms with Gasteiger partial charge >= 0.3 is 0 Å².